The van der Waals surface area contributed by atoms with Crippen LogP contribution in [0.5, 0.6) is 0 Å². The molecule has 15 heteroatoms. The molecule has 4 atom stereocenters. The van der Waals surface area contributed by atoms with E-state index in [0.29, 0.717) is 29.8 Å². The van der Waals surface area contributed by atoms with Gasteiger partial charge in [-0.25, -0.2) is 4.39 Å². The fraction of sp³-hybridized carbons (Fsp3) is 0.560. The Morgan fingerprint density at radius 1 is 1.25 bits per heavy atom. The number of amides is 2. The molecular weight excluding hydrogens is 552 g/mol. The van der Waals surface area contributed by atoms with Gasteiger partial charge in [0.2, 0.25) is 11.9 Å². The van der Waals surface area contributed by atoms with Gasteiger partial charge < -0.3 is 16.0 Å². The Kier molecular flexibility index (Phi) is 5.57. The Hall–Kier alpha value is -3.49. The molecule has 0 bridgehead atoms. The number of alkyl halides is 4. The van der Waals surface area contributed by atoms with Gasteiger partial charge in [-0.15, -0.1) is 21.5 Å². The summed E-state index contributed by atoms with van der Waals surface area (Å²) >= 11 is 1.35. The molecule has 0 aromatic carbocycles. The van der Waals surface area contributed by atoms with Crippen molar-refractivity contribution < 1.29 is 27.2 Å². The van der Waals surface area contributed by atoms with E-state index >= 15 is 0 Å². The third-order valence-electron chi connectivity index (χ3n) is 8.51. The Bertz CT molecular complexity index is 1520. The van der Waals surface area contributed by atoms with Crippen molar-refractivity contribution in [3.8, 4) is 0 Å². The highest BCUT2D eigenvalue weighted by molar-refractivity contribution is 7.17. The molecule has 0 unspecified atom stereocenters. The number of aromatic nitrogens is 5. The Morgan fingerprint density at radius 3 is 2.67 bits per heavy atom. The minimum atomic E-state index is -4.58. The molecule has 10 nitrogen and oxygen atoms in total. The van der Waals surface area contributed by atoms with Gasteiger partial charge in [-0.1, -0.05) is 0 Å². The van der Waals surface area contributed by atoms with Crippen molar-refractivity contribution in [3.05, 3.63) is 34.1 Å². The number of anilines is 3. The molecule has 3 heterocycles. The van der Waals surface area contributed by atoms with Crippen LogP contribution in [0.3, 0.4) is 0 Å². The maximum Gasteiger partial charge on any atom is 0.435 e. The number of nitrogens with zero attached hydrogens (tertiary/aromatic N) is 5. The highest BCUT2D eigenvalue weighted by atomic mass is 32.1. The van der Waals surface area contributed by atoms with E-state index in [1.54, 1.807) is 4.57 Å². The zero-order chi connectivity index (χ0) is 28.0. The largest absolute Gasteiger partial charge is 0.435 e. The molecule has 0 aliphatic heterocycles. The summed E-state index contributed by atoms with van der Waals surface area (Å²) in [7, 11) is 1.40. The maximum atomic E-state index is 13.6. The number of hydrogen-bond acceptors (Lipinski definition) is 7. The minimum Gasteiger partial charge on any atom is -0.349 e. The van der Waals surface area contributed by atoms with Gasteiger partial charge in [-0.05, 0) is 55.9 Å². The summed E-state index contributed by atoms with van der Waals surface area (Å²) in [6.07, 6.45) is 0.841. The lowest BCUT2D eigenvalue weighted by molar-refractivity contribution is -0.141. The van der Waals surface area contributed by atoms with E-state index in [4.69, 9.17) is 0 Å². The van der Waals surface area contributed by atoms with E-state index in [1.807, 2.05) is 0 Å². The zero-order valence-corrected chi connectivity index (χ0v) is 22.2. The second-order valence-corrected chi connectivity index (χ2v) is 12.4. The number of halogens is 4. The molecule has 3 aromatic heterocycles. The molecule has 1 spiro atoms. The number of fused-ring (bicyclic) bond motifs is 1. The first kappa shape index (κ1) is 25.5. The van der Waals surface area contributed by atoms with Crippen molar-refractivity contribution in [2.45, 2.75) is 69.4 Å². The molecule has 212 valence electrons. The summed E-state index contributed by atoms with van der Waals surface area (Å²) in [6.45, 7) is 0. The van der Waals surface area contributed by atoms with E-state index < -0.39 is 29.9 Å². The fourth-order valence-corrected chi connectivity index (χ4v) is 6.95. The van der Waals surface area contributed by atoms with Crippen LogP contribution < -0.4 is 16.0 Å². The number of rotatable bonds is 7. The van der Waals surface area contributed by atoms with Crippen LogP contribution in [0.15, 0.2) is 12.4 Å². The predicted octanol–water partition coefficient (Wildman–Crippen LogP) is 4.14. The molecule has 7 rings (SSSR count). The van der Waals surface area contributed by atoms with Crippen LogP contribution in [0.4, 0.5) is 34.3 Å². The second-order valence-electron chi connectivity index (χ2n) is 11.3. The predicted molar refractivity (Wildman–Crippen MR) is 136 cm³/mol. The number of aryl methyl sites for hydroxylation is 2. The number of hydrogen-bond donors (Lipinski definition) is 3. The lowest BCUT2D eigenvalue weighted by atomic mass is 9.91. The third-order valence-corrected chi connectivity index (χ3v) is 9.72. The highest BCUT2D eigenvalue weighted by Gasteiger charge is 2.63. The summed E-state index contributed by atoms with van der Waals surface area (Å²) < 4.78 is 55.8. The molecular formula is C25H26F4N8O2S. The second kappa shape index (κ2) is 8.75. The Balaban J connectivity index is 1.15. The van der Waals surface area contributed by atoms with Crippen LogP contribution in [0.25, 0.3) is 0 Å². The summed E-state index contributed by atoms with van der Waals surface area (Å²) in [5.74, 6) is -0.996. The number of thiophene rings is 1. The van der Waals surface area contributed by atoms with Crippen LogP contribution in [-0.2, 0) is 30.9 Å². The van der Waals surface area contributed by atoms with Crippen molar-refractivity contribution in [3.63, 3.8) is 0 Å². The molecule has 2 amide bonds. The maximum absolute atomic E-state index is 13.6. The molecule has 4 aliphatic rings. The van der Waals surface area contributed by atoms with Gasteiger partial charge in [0, 0.05) is 30.1 Å². The summed E-state index contributed by atoms with van der Waals surface area (Å²) in [4.78, 5) is 27.1. The van der Waals surface area contributed by atoms with E-state index in [0.717, 1.165) is 40.5 Å². The van der Waals surface area contributed by atoms with Crippen LogP contribution in [0.1, 0.15) is 64.6 Å². The van der Waals surface area contributed by atoms with E-state index in [9.17, 15) is 27.2 Å². The van der Waals surface area contributed by atoms with Gasteiger partial charge in [-0.2, -0.15) is 18.3 Å². The summed E-state index contributed by atoms with van der Waals surface area (Å²) in [5, 5.41) is 20.9. The van der Waals surface area contributed by atoms with Crippen molar-refractivity contribution in [2.24, 2.45) is 18.4 Å². The average Bonchev–Trinajstić information content (AvgIpc) is 3.82. The monoisotopic (exact) mass is 578 g/mol. The van der Waals surface area contributed by atoms with Gasteiger partial charge in [0.15, 0.2) is 5.69 Å². The van der Waals surface area contributed by atoms with Crippen LogP contribution in [-0.4, -0.2) is 48.6 Å². The number of nitrogens with one attached hydrogen (secondary N) is 3. The van der Waals surface area contributed by atoms with Crippen LogP contribution >= 0.6 is 11.3 Å². The topological polar surface area (TPSA) is 119 Å². The molecule has 0 saturated heterocycles. The Morgan fingerprint density at radius 2 is 2.02 bits per heavy atom. The van der Waals surface area contributed by atoms with Gasteiger partial charge in [0.1, 0.15) is 23.3 Å². The van der Waals surface area contributed by atoms with E-state index in [-0.39, 0.29) is 41.6 Å². The quantitative estimate of drug-likeness (QED) is 0.363. The van der Waals surface area contributed by atoms with Crippen molar-refractivity contribution in [1.82, 2.24) is 29.9 Å². The third kappa shape index (κ3) is 4.43. The molecule has 3 fully saturated rings. The van der Waals surface area contributed by atoms with Crippen LogP contribution in [0, 0.1) is 11.3 Å². The van der Waals surface area contributed by atoms with E-state index in [1.165, 1.54) is 24.7 Å². The van der Waals surface area contributed by atoms with Gasteiger partial charge in [0.05, 0.1) is 11.5 Å². The van der Waals surface area contributed by atoms with Crippen molar-refractivity contribution in [1.29, 1.82) is 0 Å². The molecule has 4 aliphatic carbocycles. The molecule has 40 heavy (non-hydrogen) atoms. The van der Waals surface area contributed by atoms with Crippen LogP contribution in [0.2, 0.25) is 0 Å². The van der Waals surface area contributed by atoms with Crippen molar-refractivity contribution >= 4 is 39.9 Å². The first-order chi connectivity index (χ1) is 19.0. The fourth-order valence-electron chi connectivity index (χ4n) is 5.70. The lowest BCUT2D eigenvalue weighted by Gasteiger charge is -2.25. The molecule has 3 saturated carbocycles. The highest BCUT2D eigenvalue weighted by Crippen LogP contribution is 2.66. The molecule has 3 N–H and O–H groups in total. The average molecular weight is 579 g/mol. The van der Waals surface area contributed by atoms with E-state index in [2.05, 4.69) is 31.2 Å². The van der Waals surface area contributed by atoms with Gasteiger partial charge in [0.25, 0.3) is 5.91 Å². The number of carbonyl (C=O) groups excluding carboxylic acids is 2. The molecule has 3 aromatic rings. The van der Waals surface area contributed by atoms with Gasteiger partial charge in [-0.3, -0.25) is 18.8 Å². The standard InChI is InChI=1S/C25H26F4N8O2S/c1-36-18(8-16(35-36)25(27,28)29)32-23-34-30-10-37(23)11-2-3-15-13(6-11)19(21(39)31-17-9-24(17)4-5-24)22(40-15)33-20(38)12-7-14(12)26/h8,10-12,14,17H,2-7,9H2,1H3,(H,31,39)(H,32,34)(H,33,38)/t11-,12-,14+,17+/m0/s1. The zero-order valence-electron chi connectivity index (χ0n) is 21.4. The Labute approximate surface area is 229 Å². The first-order valence-corrected chi connectivity index (χ1v) is 14.0. The summed E-state index contributed by atoms with van der Waals surface area (Å²) in [6, 6.07) is 0.839. The van der Waals surface area contributed by atoms with Crippen molar-refractivity contribution in [2.75, 3.05) is 10.6 Å². The SMILES string of the molecule is Cn1nc(C(F)(F)F)cc1Nc1nncn1[C@H]1CCc2sc(NC(=O)[C@H]3C[C@H]3F)c(C(=O)N[C@@H]3CC34CC4)c2C1. The minimum absolute atomic E-state index is 0.100. The summed E-state index contributed by atoms with van der Waals surface area (Å²) in [5.41, 5.74) is 0.448. The molecule has 0 radical (unpaired) electrons. The first-order valence-electron chi connectivity index (χ1n) is 13.2. The number of carbonyl (C=O) groups is 2. The normalized spacial score (nSPS) is 25.8. The smallest absolute Gasteiger partial charge is 0.349 e. The van der Waals surface area contributed by atoms with Gasteiger partial charge >= 0.3 is 6.18 Å². The lowest BCUT2D eigenvalue weighted by Crippen LogP contribution is -2.30.